The van der Waals surface area contributed by atoms with E-state index in [9.17, 15) is 9.59 Å². The molecular formula is C23H26N2O2. The summed E-state index contributed by atoms with van der Waals surface area (Å²) in [6, 6.07) is 16.3. The van der Waals surface area contributed by atoms with Gasteiger partial charge >= 0.3 is 0 Å². The highest BCUT2D eigenvalue weighted by atomic mass is 16.2. The Kier molecular flexibility index (Phi) is 4.73. The molecule has 2 unspecified atom stereocenters. The number of rotatable bonds is 4. The van der Waals surface area contributed by atoms with Gasteiger partial charge in [0.05, 0.1) is 11.8 Å². The maximum Gasteiger partial charge on any atom is 0.228 e. The number of hydrogen-bond donors (Lipinski definition) is 1. The monoisotopic (exact) mass is 362 g/mol. The second-order valence-electron chi connectivity index (χ2n) is 7.99. The van der Waals surface area contributed by atoms with Gasteiger partial charge in [0.15, 0.2) is 0 Å². The van der Waals surface area contributed by atoms with Crippen LogP contribution in [-0.4, -0.2) is 23.3 Å². The first-order valence-corrected chi connectivity index (χ1v) is 9.79. The number of carbonyl (C=O) groups is 2. The zero-order chi connectivity index (χ0) is 19.0. The van der Waals surface area contributed by atoms with Crippen LogP contribution in [-0.2, 0) is 22.6 Å². The summed E-state index contributed by atoms with van der Waals surface area (Å²) in [4.78, 5) is 27.2. The first-order valence-electron chi connectivity index (χ1n) is 9.79. The molecule has 2 aliphatic rings. The molecule has 2 aromatic carbocycles. The van der Waals surface area contributed by atoms with E-state index in [0.717, 1.165) is 18.7 Å². The molecule has 0 bridgehead atoms. The predicted molar refractivity (Wildman–Crippen MR) is 106 cm³/mol. The van der Waals surface area contributed by atoms with Crippen molar-refractivity contribution < 1.29 is 9.59 Å². The lowest BCUT2D eigenvalue weighted by atomic mass is 9.99. The first kappa shape index (κ1) is 17.8. The number of benzene rings is 2. The van der Waals surface area contributed by atoms with Crippen molar-refractivity contribution in [3.63, 3.8) is 0 Å². The highest BCUT2D eigenvalue weighted by Gasteiger charge is 2.49. The minimum atomic E-state index is -0.195. The van der Waals surface area contributed by atoms with E-state index in [1.54, 1.807) is 0 Å². The number of nitrogens with zero attached hydrogens (tertiary/aromatic N) is 1. The fraction of sp³-hybridized carbons (Fsp3) is 0.391. The van der Waals surface area contributed by atoms with Gasteiger partial charge in [-0.3, -0.25) is 9.59 Å². The Balaban J connectivity index is 1.33. The fourth-order valence-corrected chi connectivity index (χ4v) is 3.86. The van der Waals surface area contributed by atoms with Crippen molar-refractivity contribution in [2.75, 3.05) is 11.9 Å². The summed E-state index contributed by atoms with van der Waals surface area (Å²) in [5.41, 5.74) is 4.60. The topological polar surface area (TPSA) is 49.4 Å². The maximum absolute atomic E-state index is 12.8. The van der Waals surface area contributed by atoms with E-state index in [-0.39, 0.29) is 23.7 Å². The van der Waals surface area contributed by atoms with Crippen molar-refractivity contribution >= 4 is 17.5 Å². The van der Waals surface area contributed by atoms with Crippen molar-refractivity contribution in [3.8, 4) is 0 Å². The van der Waals surface area contributed by atoms with Gasteiger partial charge in [-0.1, -0.05) is 50.2 Å². The quantitative estimate of drug-likeness (QED) is 0.895. The number of hydrogen-bond acceptors (Lipinski definition) is 2. The normalized spacial score (nSPS) is 20.9. The molecule has 4 rings (SSSR count). The Morgan fingerprint density at radius 1 is 1.00 bits per heavy atom. The number of amides is 2. The average Bonchev–Trinajstić information content (AvgIpc) is 3.48. The third-order valence-electron chi connectivity index (χ3n) is 5.73. The summed E-state index contributed by atoms with van der Waals surface area (Å²) in [5, 5.41) is 2.96. The third kappa shape index (κ3) is 3.75. The Hall–Kier alpha value is -2.62. The molecule has 1 aliphatic carbocycles. The molecule has 1 aliphatic heterocycles. The summed E-state index contributed by atoms with van der Waals surface area (Å²) < 4.78 is 0. The van der Waals surface area contributed by atoms with Crippen molar-refractivity contribution in [1.29, 1.82) is 0 Å². The van der Waals surface area contributed by atoms with E-state index in [2.05, 4.69) is 31.3 Å². The number of anilines is 1. The molecule has 2 aromatic rings. The van der Waals surface area contributed by atoms with Gasteiger partial charge in [-0.15, -0.1) is 0 Å². The molecular weight excluding hydrogens is 336 g/mol. The molecule has 1 fully saturated rings. The SMILES string of the molecule is CC(C)c1ccc(NC(=O)C2CC2C(=O)N2CCc3ccccc3C2)cc1. The number of fused-ring (bicyclic) bond motifs is 1. The lowest BCUT2D eigenvalue weighted by Crippen LogP contribution is -2.37. The molecule has 27 heavy (non-hydrogen) atoms. The summed E-state index contributed by atoms with van der Waals surface area (Å²) in [5.74, 6) is 0.197. The molecule has 4 heteroatoms. The van der Waals surface area contributed by atoms with E-state index < -0.39 is 0 Å². The molecule has 0 radical (unpaired) electrons. The van der Waals surface area contributed by atoms with E-state index in [1.807, 2.05) is 41.3 Å². The van der Waals surface area contributed by atoms with Crippen LogP contribution in [0.25, 0.3) is 0 Å². The predicted octanol–water partition coefficient (Wildman–Crippen LogP) is 3.97. The average molecular weight is 362 g/mol. The van der Waals surface area contributed by atoms with Gasteiger partial charge in [-0.2, -0.15) is 0 Å². The zero-order valence-electron chi connectivity index (χ0n) is 15.9. The first-order chi connectivity index (χ1) is 13.0. The van der Waals surface area contributed by atoms with Gasteiger partial charge in [0, 0.05) is 18.8 Å². The van der Waals surface area contributed by atoms with Gasteiger partial charge < -0.3 is 10.2 Å². The van der Waals surface area contributed by atoms with Crippen LogP contribution < -0.4 is 5.32 Å². The van der Waals surface area contributed by atoms with Gasteiger partial charge in [-0.05, 0) is 47.6 Å². The largest absolute Gasteiger partial charge is 0.338 e. The second kappa shape index (κ2) is 7.18. The standard InChI is InChI=1S/C23H26N2O2/c1-15(2)16-7-9-19(10-8-16)24-22(26)20-13-21(20)23(27)25-12-11-17-5-3-4-6-18(17)14-25/h3-10,15,20-21H,11-14H2,1-2H3,(H,24,26). The molecule has 1 saturated carbocycles. The van der Waals surface area contributed by atoms with Crippen molar-refractivity contribution in [2.45, 2.75) is 39.2 Å². The third-order valence-corrected chi connectivity index (χ3v) is 5.73. The van der Waals surface area contributed by atoms with Crippen LogP contribution in [0.4, 0.5) is 5.69 Å². The highest BCUT2D eigenvalue weighted by Crippen LogP contribution is 2.41. The Morgan fingerprint density at radius 2 is 1.70 bits per heavy atom. The highest BCUT2D eigenvalue weighted by molar-refractivity contribution is 5.99. The van der Waals surface area contributed by atoms with Crippen molar-refractivity contribution in [3.05, 3.63) is 65.2 Å². The van der Waals surface area contributed by atoms with E-state index in [4.69, 9.17) is 0 Å². The maximum atomic E-state index is 12.8. The summed E-state index contributed by atoms with van der Waals surface area (Å²) in [7, 11) is 0. The van der Waals surface area contributed by atoms with Crippen LogP contribution in [0.5, 0.6) is 0 Å². The minimum absolute atomic E-state index is 0.0388. The molecule has 140 valence electrons. The Labute approximate surface area is 160 Å². The molecule has 4 nitrogen and oxygen atoms in total. The lowest BCUT2D eigenvalue weighted by molar-refractivity contribution is -0.135. The van der Waals surface area contributed by atoms with Gasteiger partial charge in [0.1, 0.15) is 0 Å². The number of nitrogens with one attached hydrogen (secondary N) is 1. The summed E-state index contributed by atoms with van der Waals surface area (Å²) in [6.45, 7) is 5.70. The number of carbonyl (C=O) groups excluding carboxylic acids is 2. The summed E-state index contributed by atoms with van der Waals surface area (Å²) >= 11 is 0. The van der Waals surface area contributed by atoms with E-state index in [1.165, 1.54) is 16.7 Å². The smallest absolute Gasteiger partial charge is 0.228 e. The van der Waals surface area contributed by atoms with E-state index in [0.29, 0.717) is 18.9 Å². The van der Waals surface area contributed by atoms with Gasteiger partial charge in [0.25, 0.3) is 0 Å². The van der Waals surface area contributed by atoms with Crippen LogP contribution in [0.1, 0.15) is 42.9 Å². The Bertz CT molecular complexity index is 857. The van der Waals surface area contributed by atoms with Crippen LogP contribution in [0.3, 0.4) is 0 Å². The molecule has 1 heterocycles. The Morgan fingerprint density at radius 3 is 2.41 bits per heavy atom. The van der Waals surface area contributed by atoms with Gasteiger partial charge in [-0.25, -0.2) is 0 Å². The van der Waals surface area contributed by atoms with E-state index >= 15 is 0 Å². The van der Waals surface area contributed by atoms with Crippen molar-refractivity contribution in [1.82, 2.24) is 4.90 Å². The zero-order valence-corrected chi connectivity index (χ0v) is 15.9. The molecule has 0 saturated heterocycles. The summed E-state index contributed by atoms with van der Waals surface area (Å²) in [6.07, 6.45) is 1.56. The van der Waals surface area contributed by atoms with Crippen LogP contribution in [0.2, 0.25) is 0 Å². The molecule has 0 aromatic heterocycles. The van der Waals surface area contributed by atoms with Gasteiger partial charge in [0.2, 0.25) is 11.8 Å². The van der Waals surface area contributed by atoms with Crippen LogP contribution >= 0.6 is 0 Å². The second-order valence-corrected chi connectivity index (χ2v) is 7.99. The lowest BCUT2D eigenvalue weighted by Gasteiger charge is -2.29. The fourth-order valence-electron chi connectivity index (χ4n) is 3.86. The molecule has 0 spiro atoms. The van der Waals surface area contributed by atoms with Crippen LogP contribution in [0, 0.1) is 11.8 Å². The molecule has 2 atom stereocenters. The molecule has 2 amide bonds. The van der Waals surface area contributed by atoms with Crippen molar-refractivity contribution in [2.24, 2.45) is 11.8 Å². The minimum Gasteiger partial charge on any atom is -0.338 e. The van der Waals surface area contributed by atoms with Crippen LogP contribution in [0.15, 0.2) is 48.5 Å². The molecule has 1 N–H and O–H groups in total.